The van der Waals surface area contributed by atoms with E-state index in [-0.39, 0.29) is 0 Å². The van der Waals surface area contributed by atoms with Gasteiger partial charge in [-0.25, -0.2) is 9.97 Å². The molecular formula is C12H20N4. The van der Waals surface area contributed by atoms with Crippen LogP contribution >= 0.6 is 0 Å². The first-order valence-electron chi connectivity index (χ1n) is 5.87. The van der Waals surface area contributed by atoms with Gasteiger partial charge in [0.25, 0.3) is 0 Å². The molecule has 0 spiro atoms. The molecule has 1 aliphatic rings. The van der Waals surface area contributed by atoms with Crippen molar-refractivity contribution in [1.29, 1.82) is 0 Å². The topological polar surface area (TPSA) is 49.8 Å². The SMILES string of the molecule is CCc1nc(NC)cc(NC2CC2(C)C)n1. The highest BCUT2D eigenvalue weighted by molar-refractivity contribution is 5.49. The number of rotatable bonds is 4. The predicted octanol–water partition coefficient (Wildman–Crippen LogP) is 2.29. The fourth-order valence-corrected chi connectivity index (χ4v) is 1.75. The van der Waals surface area contributed by atoms with Crippen molar-refractivity contribution in [1.82, 2.24) is 9.97 Å². The minimum atomic E-state index is 0.414. The normalized spacial score (nSPS) is 21.6. The van der Waals surface area contributed by atoms with Crippen LogP contribution in [0, 0.1) is 5.41 Å². The molecule has 1 unspecified atom stereocenters. The van der Waals surface area contributed by atoms with Crippen molar-refractivity contribution in [2.24, 2.45) is 5.41 Å². The van der Waals surface area contributed by atoms with E-state index in [4.69, 9.17) is 0 Å². The van der Waals surface area contributed by atoms with E-state index in [9.17, 15) is 0 Å². The van der Waals surface area contributed by atoms with Crippen LogP contribution < -0.4 is 10.6 Å². The molecule has 1 aromatic heterocycles. The predicted molar refractivity (Wildman–Crippen MR) is 66.8 cm³/mol. The lowest BCUT2D eigenvalue weighted by Crippen LogP contribution is -2.11. The van der Waals surface area contributed by atoms with Crippen LogP contribution in [-0.4, -0.2) is 23.1 Å². The Labute approximate surface area is 96.9 Å². The molecule has 1 saturated carbocycles. The molecule has 2 N–H and O–H groups in total. The van der Waals surface area contributed by atoms with Crippen LogP contribution in [0.2, 0.25) is 0 Å². The molecular weight excluding hydrogens is 200 g/mol. The third-order valence-corrected chi connectivity index (χ3v) is 3.18. The van der Waals surface area contributed by atoms with Crippen LogP contribution in [0.25, 0.3) is 0 Å². The summed E-state index contributed by atoms with van der Waals surface area (Å²) in [7, 11) is 1.88. The van der Waals surface area contributed by atoms with Gasteiger partial charge in [-0.2, -0.15) is 0 Å². The van der Waals surface area contributed by atoms with Gasteiger partial charge in [0.15, 0.2) is 0 Å². The molecule has 0 amide bonds. The molecule has 0 aromatic carbocycles. The van der Waals surface area contributed by atoms with Crippen molar-refractivity contribution in [3.8, 4) is 0 Å². The Morgan fingerprint density at radius 3 is 2.50 bits per heavy atom. The standard InChI is InChI=1S/C12H20N4/c1-5-9-15-10(13-4)6-11(16-9)14-8-7-12(8,2)3/h6,8H,5,7H2,1-4H3,(H2,13,14,15,16). The van der Waals surface area contributed by atoms with E-state index in [2.05, 4.69) is 41.4 Å². The first-order valence-corrected chi connectivity index (χ1v) is 5.87. The molecule has 4 heteroatoms. The van der Waals surface area contributed by atoms with Crippen molar-refractivity contribution < 1.29 is 0 Å². The van der Waals surface area contributed by atoms with Crippen LogP contribution in [-0.2, 0) is 6.42 Å². The van der Waals surface area contributed by atoms with E-state index < -0.39 is 0 Å². The Bertz CT molecular complexity index is 364. The summed E-state index contributed by atoms with van der Waals surface area (Å²) in [5, 5.41) is 6.53. The summed E-state index contributed by atoms with van der Waals surface area (Å²) in [6.45, 7) is 6.61. The zero-order valence-corrected chi connectivity index (χ0v) is 10.5. The van der Waals surface area contributed by atoms with Gasteiger partial charge >= 0.3 is 0 Å². The number of anilines is 2. The van der Waals surface area contributed by atoms with E-state index in [0.29, 0.717) is 11.5 Å². The van der Waals surface area contributed by atoms with Crippen molar-refractivity contribution in [2.75, 3.05) is 17.7 Å². The van der Waals surface area contributed by atoms with Crippen LogP contribution in [0.1, 0.15) is 33.0 Å². The second-order valence-corrected chi connectivity index (χ2v) is 5.05. The molecule has 0 bridgehead atoms. The van der Waals surface area contributed by atoms with Gasteiger partial charge in [-0.05, 0) is 11.8 Å². The lowest BCUT2D eigenvalue weighted by Gasteiger charge is -2.10. The third-order valence-electron chi connectivity index (χ3n) is 3.18. The number of nitrogens with zero attached hydrogens (tertiary/aromatic N) is 2. The summed E-state index contributed by atoms with van der Waals surface area (Å²) >= 11 is 0. The van der Waals surface area contributed by atoms with Crippen LogP contribution in [0.3, 0.4) is 0 Å². The molecule has 1 fully saturated rings. The van der Waals surface area contributed by atoms with E-state index >= 15 is 0 Å². The minimum absolute atomic E-state index is 0.414. The van der Waals surface area contributed by atoms with Crippen molar-refractivity contribution in [2.45, 2.75) is 39.7 Å². The van der Waals surface area contributed by atoms with Crippen molar-refractivity contribution >= 4 is 11.6 Å². The maximum atomic E-state index is 4.48. The van der Waals surface area contributed by atoms with Gasteiger partial charge < -0.3 is 10.6 Å². The third kappa shape index (κ3) is 2.26. The van der Waals surface area contributed by atoms with E-state index in [1.54, 1.807) is 0 Å². The summed E-state index contributed by atoms with van der Waals surface area (Å²) < 4.78 is 0. The summed E-state index contributed by atoms with van der Waals surface area (Å²) in [5.74, 6) is 2.70. The Hall–Kier alpha value is -1.32. The molecule has 0 saturated heterocycles. The summed E-state index contributed by atoms with van der Waals surface area (Å²) in [5.41, 5.74) is 0.414. The average molecular weight is 220 g/mol. The average Bonchev–Trinajstić information content (AvgIpc) is 2.85. The Morgan fingerprint density at radius 1 is 1.38 bits per heavy atom. The number of aryl methyl sites for hydroxylation is 1. The second kappa shape index (κ2) is 3.92. The van der Waals surface area contributed by atoms with Gasteiger partial charge in [0.1, 0.15) is 17.5 Å². The highest BCUT2D eigenvalue weighted by Crippen LogP contribution is 2.46. The fraction of sp³-hybridized carbons (Fsp3) is 0.667. The molecule has 16 heavy (non-hydrogen) atoms. The number of nitrogens with one attached hydrogen (secondary N) is 2. The quantitative estimate of drug-likeness (QED) is 0.817. The van der Waals surface area contributed by atoms with Crippen molar-refractivity contribution in [3.63, 3.8) is 0 Å². The zero-order chi connectivity index (χ0) is 11.8. The van der Waals surface area contributed by atoms with Crippen LogP contribution in [0.15, 0.2) is 6.07 Å². The highest BCUT2D eigenvalue weighted by atomic mass is 15.1. The highest BCUT2D eigenvalue weighted by Gasteiger charge is 2.45. The zero-order valence-electron chi connectivity index (χ0n) is 10.5. The minimum Gasteiger partial charge on any atom is -0.373 e. The molecule has 4 nitrogen and oxygen atoms in total. The summed E-state index contributed by atoms with van der Waals surface area (Å²) in [6.07, 6.45) is 2.08. The Morgan fingerprint density at radius 2 is 2.00 bits per heavy atom. The molecule has 1 aromatic rings. The van der Waals surface area contributed by atoms with Crippen molar-refractivity contribution in [3.05, 3.63) is 11.9 Å². The van der Waals surface area contributed by atoms with E-state index in [1.165, 1.54) is 6.42 Å². The largest absolute Gasteiger partial charge is 0.373 e. The monoisotopic (exact) mass is 220 g/mol. The smallest absolute Gasteiger partial charge is 0.132 e. The number of aromatic nitrogens is 2. The molecule has 0 radical (unpaired) electrons. The summed E-state index contributed by atoms with van der Waals surface area (Å²) in [4.78, 5) is 8.86. The van der Waals surface area contributed by atoms with Gasteiger partial charge in [0.2, 0.25) is 0 Å². The van der Waals surface area contributed by atoms with Gasteiger partial charge in [-0.3, -0.25) is 0 Å². The van der Waals surface area contributed by atoms with Gasteiger partial charge in [-0.15, -0.1) is 0 Å². The first-order chi connectivity index (χ1) is 7.55. The van der Waals surface area contributed by atoms with Gasteiger partial charge in [-0.1, -0.05) is 20.8 Å². The maximum absolute atomic E-state index is 4.48. The van der Waals surface area contributed by atoms with Gasteiger partial charge in [0, 0.05) is 25.6 Å². The summed E-state index contributed by atoms with van der Waals surface area (Å²) in [6, 6.07) is 2.52. The number of hydrogen-bond donors (Lipinski definition) is 2. The maximum Gasteiger partial charge on any atom is 0.132 e. The first kappa shape index (κ1) is 11.2. The van der Waals surface area contributed by atoms with E-state index in [1.807, 2.05) is 13.1 Å². The molecule has 2 rings (SSSR count). The molecule has 1 aliphatic carbocycles. The van der Waals surface area contributed by atoms with Gasteiger partial charge in [0.05, 0.1) is 0 Å². The van der Waals surface area contributed by atoms with Crippen LogP contribution in [0.5, 0.6) is 0 Å². The second-order valence-electron chi connectivity index (χ2n) is 5.05. The lowest BCUT2D eigenvalue weighted by molar-refractivity contribution is 0.629. The molecule has 88 valence electrons. The molecule has 1 heterocycles. The van der Waals surface area contributed by atoms with Crippen LogP contribution in [0.4, 0.5) is 11.6 Å². The van der Waals surface area contributed by atoms with E-state index in [0.717, 1.165) is 23.9 Å². The Kier molecular flexibility index (Phi) is 2.74. The fourth-order valence-electron chi connectivity index (χ4n) is 1.75. The lowest BCUT2D eigenvalue weighted by atomic mass is 10.2. The Balaban J connectivity index is 2.14. The molecule has 1 atom stereocenters. The molecule has 0 aliphatic heterocycles. The number of hydrogen-bond acceptors (Lipinski definition) is 4.